The fraction of sp³-hybridized carbons (Fsp3) is 0.619. The van der Waals surface area contributed by atoms with Gasteiger partial charge >= 0.3 is 0 Å². The number of anilines is 1. The largest absolute Gasteiger partial charge is 0.370 e. The number of benzene rings is 1. The molecule has 0 aromatic heterocycles. The highest BCUT2D eigenvalue weighted by molar-refractivity contribution is 14.0. The van der Waals surface area contributed by atoms with Crippen LogP contribution in [0.1, 0.15) is 69.8 Å². The summed E-state index contributed by atoms with van der Waals surface area (Å²) in [6, 6.07) is 8.39. The van der Waals surface area contributed by atoms with E-state index in [4.69, 9.17) is 5.73 Å². The van der Waals surface area contributed by atoms with Crippen LogP contribution in [0.3, 0.4) is 0 Å². The van der Waals surface area contributed by atoms with Gasteiger partial charge in [-0.05, 0) is 43.4 Å². The second kappa shape index (κ2) is 11.5. The van der Waals surface area contributed by atoms with Gasteiger partial charge in [0.25, 0.3) is 0 Å². The molecule has 3 rings (SSSR count). The topological polar surface area (TPSA) is 79.5 Å². The Hall–Kier alpha value is -1.31. The zero-order chi connectivity index (χ0) is 18.2. The van der Waals surface area contributed by atoms with E-state index in [1.54, 1.807) is 0 Å². The first kappa shape index (κ1) is 22.0. The molecule has 1 aromatic carbocycles. The van der Waals surface area contributed by atoms with Crippen molar-refractivity contribution in [3.05, 3.63) is 29.8 Å². The van der Waals surface area contributed by atoms with Crippen LogP contribution in [0.25, 0.3) is 0 Å². The van der Waals surface area contributed by atoms with Crippen LogP contribution in [-0.2, 0) is 11.3 Å². The second-order valence-corrected chi connectivity index (χ2v) is 7.71. The van der Waals surface area contributed by atoms with Gasteiger partial charge in [-0.2, -0.15) is 0 Å². The zero-order valence-corrected chi connectivity index (χ0v) is 18.4. The standard InChI is InChI=1S/C21H32N4O.HI/c22-21(25-18-11-5-2-6-12-18)23-15-16-8-7-13-19(14-16)24-20(26)17-9-3-1-4-10-17;/h7-8,13-14,17-18H,1-6,9-12,15H2,(H,24,26)(H3,22,23,25);1H. The number of amides is 1. The molecule has 27 heavy (non-hydrogen) atoms. The Labute approximate surface area is 180 Å². The second-order valence-electron chi connectivity index (χ2n) is 7.71. The van der Waals surface area contributed by atoms with Gasteiger partial charge in [-0.3, -0.25) is 4.79 Å². The highest BCUT2D eigenvalue weighted by atomic mass is 127. The molecule has 4 N–H and O–H groups in total. The number of nitrogens with two attached hydrogens (primary N) is 1. The quantitative estimate of drug-likeness (QED) is 0.326. The van der Waals surface area contributed by atoms with E-state index in [9.17, 15) is 4.79 Å². The van der Waals surface area contributed by atoms with Gasteiger partial charge in [0.15, 0.2) is 5.96 Å². The van der Waals surface area contributed by atoms with Crippen molar-refractivity contribution >= 4 is 41.5 Å². The van der Waals surface area contributed by atoms with Crippen LogP contribution >= 0.6 is 24.0 Å². The average Bonchev–Trinajstić information content (AvgIpc) is 2.68. The number of rotatable bonds is 5. The van der Waals surface area contributed by atoms with Crippen molar-refractivity contribution in [2.75, 3.05) is 5.32 Å². The van der Waals surface area contributed by atoms with Crippen molar-refractivity contribution < 1.29 is 4.79 Å². The van der Waals surface area contributed by atoms with Gasteiger partial charge in [0.05, 0.1) is 6.54 Å². The van der Waals surface area contributed by atoms with Crippen molar-refractivity contribution in [3.8, 4) is 0 Å². The summed E-state index contributed by atoms with van der Waals surface area (Å²) in [5.41, 5.74) is 7.95. The molecule has 1 aromatic rings. The van der Waals surface area contributed by atoms with Gasteiger partial charge in [0.2, 0.25) is 5.91 Å². The molecule has 0 saturated heterocycles. The normalized spacial score (nSPS) is 19.2. The minimum Gasteiger partial charge on any atom is -0.370 e. The number of guanidine groups is 1. The third kappa shape index (κ3) is 7.31. The number of nitrogens with one attached hydrogen (secondary N) is 2. The number of hydrogen-bond donors (Lipinski definition) is 3. The highest BCUT2D eigenvalue weighted by Crippen LogP contribution is 2.25. The SMILES string of the molecule is I.NC(=NCc1cccc(NC(=O)C2CCCCC2)c1)NC1CCCCC1. The summed E-state index contributed by atoms with van der Waals surface area (Å²) in [5, 5.41) is 6.41. The summed E-state index contributed by atoms with van der Waals surface area (Å²) in [4.78, 5) is 16.9. The minimum absolute atomic E-state index is 0. The van der Waals surface area contributed by atoms with Crippen molar-refractivity contribution in [3.63, 3.8) is 0 Å². The molecule has 1 amide bonds. The molecule has 2 saturated carbocycles. The summed E-state index contributed by atoms with van der Waals surface area (Å²) in [6.45, 7) is 0.526. The molecule has 5 nitrogen and oxygen atoms in total. The fourth-order valence-corrected chi connectivity index (χ4v) is 4.03. The third-order valence-corrected chi connectivity index (χ3v) is 5.56. The van der Waals surface area contributed by atoms with E-state index >= 15 is 0 Å². The molecule has 0 spiro atoms. The molecule has 0 unspecified atom stereocenters. The van der Waals surface area contributed by atoms with Crippen molar-refractivity contribution in [1.82, 2.24) is 5.32 Å². The summed E-state index contributed by atoms with van der Waals surface area (Å²) in [5.74, 6) is 0.845. The highest BCUT2D eigenvalue weighted by Gasteiger charge is 2.21. The predicted octanol–water partition coefficient (Wildman–Crippen LogP) is 4.56. The third-order valence-electron chi connectivity index (χ3n) is 5.56. The van der Waals surface area contributed by atoms with Gasteiger partial charge in [-0.1, -0.05) is 50.7 Å². The molecule has 2 aliphatic carbocycles. The first-order valence-electron chi connectivity index (χ1n) is 10.2. The first-order valence-corrected chi connectivity index (χ1v) is 10.2. The fourth-order valence-electron chi connectivity index (χ4n) is 4.03. The number of carbonyl (C=O) groups excluding carboxylic acids is 1. The molecule has 6 heteroatoms. The average molecular weight is 484 g/mol. The van der Waals surface area contributed by atoms with Crippen molar-refractivity contribution in [2.45, 2.75) is 76.8 Å². The van der Waals surface area contributed by atoms with Gasteiger partial charge < -0.3 is 16.4 Å². The van der Waals surface area contributed by atoms with E-state index < -0.39 is 0 Å². The van der Waals surface area contributed by atoms with E-state index in [1.165, 1.54) is 51.4 Å². The Balaban J connectivity index is 0.00000261. The monoisotopic (exact) mass is 484 g/mol. The van der Waals surface area contributed by atoms with Crippen LogP contribution in [-0.4, -0.2) is 17.9 Å². The van der Waals surface area contributed by atoms with Crippen LogP contribution < -0.4 is 16.4 Å². The van der Waals surface area contributed by atoms with E-state index in [-0.39, 0.29) is 35.8 Å². The molecule has 0 atom stereocenters. The smallest absolute Gasteiger partial charge is 0.227 e. The lowest BCUT2D eigenvalue weighted by Crippen LogP contribution is -2.41. The Kier molecular flexibility index (Phi) is 9.38. The molecule has 2 aliphatic rings. The number of aliphatic imine (C=N–C) groups is 1. The molecule has 150 valence electrons. The number of halogens is 1. The number of carbonyl (C=O) groups is 1. The van der Waals surface area contributed by atoms with Crippen LogP contribution in [0.5, 0.6) is 0 Å². The van der Waals surface area contributed by atoms with Crippen LogP contribution in [0.15, 0.2) is 29.3 Å². The lowest BCUT2D eigenvalue weighted by molar-refractivity contribution is -0.120. The number of nitrogens with zero attached hydrogens (tertiary/aromatic N) is 1. The Bertz CT molecular complexity index is 622. The Morgan fingerprint density at radius 1 is 1.04 bits per heavy atom. The summed E-state index contributed by atoms with van der Waals surface area (Å²) in [7, 11) is 0. The Morgan fingerprint density at radius 3 is 2.41 bits per heavy atom. The molecule has 0 heterocycles. The van der Waals surface area contributed by atoms with Crippen LogP contribution in [0.4, 0.5) is 5.69 Å². The molecule has 2 fully saturated rings. The van der Waals surface area contributed by atoms with Crippen LogP contribution in [0, 0.1) is 5.92 Å². The molecular formula is C21H33IN4O. The van der Waals surface area contributed by atoms with Crippen LogP contribution in [0.2, 0.25) is 0 Å². The van der Waals surface area contributed by atoms with Crippen molar-refractivity contribution in [1.29, 1.82) is 0 Å². The van der Waals surface area contributed by atoms with Gasteiger partial charge in [0, 0.05) is 17.6 Å². The minimum atomic E-state index is 0. The summed E-state index contributed by atoms with van der Waals surface area (Å²) >= 11 is 0. The molecule has 0 radical (unpaired) electrons. The maximum atomic E-state index is 12.4. The molecular weight excluding hydrogens is 451 g/mol. The molecule has 0 aliphatic heterocycles. The van der Waals surface area contributed by atoms with Gasteiger partial charge in [-0.15, -0.1) is 24.0 Å². The first-order chi connectivity index (χ1) is 12.7. The number of hydrogen-bond acceptors (Lipinski definition) is 2. The van der Waals surface area contributed by atoms with Gasteiger partial charge in [-0.25, -0.2) is 4.99 Å². The maximum absolute atomic E-state index is 12.4. The van der Waals surface area contributed by atoms with Gasteiger partial charge in [0.1, 0.15) is 0 Å². The predicted molar refractivity (Wildman–Crippen MR) is 122 cm³/mol. The maximum Gasteiger partial charge on any atom is 0.227 e. The summed E-state index contributed by atoms with van der Waals surface area (Å²) in [6.07, 6.45) is 11.8. The molecule has 0 bridgehead atoms. The lowest BCUT2D eigenvalue weighted by Gasteiger charge is -2.23. The Morgan fingerprint density at radius 2 is 1.70 bits per heavy atom. The van der Waals surface area contributed by atoms with E-state index in [1.807, 2.05) is 24.3 Å². The van der Waals surface area contributed by atoms with E-state index in [0.29, 0.717) is 18.5 Å². The van der Waals surface area contributed by atoms with E-state index in [0.717, 1.165) is 24.1 Å². The van der Waals surface area contributed by atoms with E-state index in [2.05, 4.69) is 15.6 Å². The zero-order valence-electron chi connectivity index (χ0n) is 16.1. The summed E-state index contributed by atoms with van der Waals surface area (Å²) < 4.78 is 0. The lowest BCUT2D eigenvalue weighted by atomic mass is 9.88. The van der Waals surface area contributed by atoms with Crippen molar-refractivity contribution in [2.24, 2.45) is 16.6 Å².